The van der Waals surface area contributed by atoms with Crippen LogP contribution in [0.3, 0.4) is 0 Å². The fourth-order valence-electron chi connectivity index (χ4n) is 4.58. The van der Waals surface area contributed by atoms with Crippen molar-refractivity contribution in [2.75, 3.05) is 4.90 Å². The molecule has 0 bridgehead atoms. The molecule has 0 N–H and O–H groups in total. The average Bonchev–Trinajstić information content (AvgIpc) is 2.97. The molecule has 5 heteroatoms. The molecule has 3 unspecified atom stereocenters. The minimum absolute atomic E-state index is 0.0261. The number of fused-ring (bicyclic) bond motifs is 1. The van der Waals surface area contributed by atoms with Crippen molar-refractivity contribution >= 4 is 23.5 Å². The number of esters is 1. The molecule has 162 valence electrons. The highest BCUT2D eigenvalue weighted by atomic mass is 16.5. The van der Waals surface area contributed by atoms with Crippen molar-refractivity contribution in [3.8, 4) is 5.75 Å². The van der Waals surface area contributed by atoms with Crippen LogP contribution in [0.15, 0.2) is 48.5 Å². The van der Waals surface area contributed by atoms with Gasteiger partial charge in [0, 0.05) is 0 Å². The van der Waals surface area contributed by atoms with Gasteiger partial charge in [0.1, 0.15) is 5.75 Å². The summed E-state index contributed by atoms with van der Waals surface area (Å²) >= 11 is 0. The number of hydrogen-bond acceptors (Lipinski definition) is 4. The number of carbonyl (C=O) groups excluding carboxylic acids is 3. The van der Waals surface area contributed by atoms with E-state index >= 15 is 0 Å². The lowest BCUT2D eigenvalue weighted by Crippen LogP contribution is -2.30. The summed E-state index contributed by atoms with van der Waals surface area (Å²) in [6.45, 7) is 8.51. The normalized spacial score (nSPS) is 23.6. The van der Waals surface area contributed by atoms with Crippen LogP contribution in [-0.2, 0) is 15.0 Å². The van der Waals surface area contributed by atoms with Crippen LogP contribution >= 0.6 is 0 Å². The molecule has 3 atom stereocenters. The topological polar surface area (TPSA) is 63.7 Å². The van der Waals surface area contributed by atoms with Crippen LogP contribution < -0.4 is 9.64 Å². The Morgan fingerprint density at radius 2 is 1.52 bits per heavy atom. The number of carbonyl (C=O) groups is 3. The molecule has 31 heavy (non-hydrogen) atoms. The highest BCUT2D eigenvalue weighted by Gasteiger charge is 2.49. The molecule has 1 saturated carbocycles. The van der Waals surface area contributed by atoms with Crippen molar-refractivity contribution in [2.45, 2.75) is 52.4 Å². The molecule has 0 aromatic heterocycles. The van der Waals surface area contributed by atoms with Gasteiger partial charge in [-0.25, -0.2) is 4.79 Å². The Bertz CT molecular complexity index is 1000. The summed E-state index contributed by atoms with van der Waals surface area (Å²) in [5.41, 5.74) is 2.07. The second-order valence-corrected chi connectivity index (χ2v) is 9.85. The molecule has 0 radical (unpaired) electrons. The molecular formula is C26H29NO4. The molecule has 2 aromatic carbocycles. The first-order valence-corrected chi connectivity index (χ1v) is 11.0. The fraction of sp³-hybridized carbons (Fsp3) is 0.423. The van der Waals surface area contributed by atoms with Crippen LogP contribution in [-0.4, -0.2) is 17.8 Å². The van der Waals surface area contributed by atoms with Crippen LogP contribution in [0.5, 0.6) is 5.75 Å². The van der Waals surface area contributed by atoms with E-state index in [0.29, 0.717) is 22.9 Å². The first-order valence-electron chi connectivity index (χ1n) is 11.0. The maximum atomic E-state index is 12.9. The van der Waals surface area contributed by atoms with Gasteiger partial charge in [0.2, 0.25) is 11.8 Å². The lowest BCUT2D eigenvalue weighted by atomic mass is 9.76. The Morgan fingerprint density at radius 3 is 2.13 bits per heavy atom. The zero-order chi connectivity index (χ0) is 22.3. The van der Waals surface area contributed by atoms with Crippen molar-refractivity contribution in [3.63, 3.8) is 0 Å². The zero-order valence-electron chi connectivity index (χ0n) is 18.6. The SMILES string of the molecule is CC1CCC2C(=O)N(c3ccc(C(=O)Oc4ccc(C(C)(C)C)cc4)cc3)C(=O)C2C1. The lowest BCUT2D eigenvalue weighted by Gasteiger charge is -2.25. The molecule has 0 spiro atoms. The van der Waals surface area contributed by atoms with Gasteiger partial charge in [-0.2, -0.15) is 0 Å². The first-order chi connectivity index (χ1) is 14.6. The Hall–Kier alpha value is -2.95. The number of benzene rings is 2. The van der Waals surface area contributed by atoms with Gasteiger partial charge in [-0.1, -0.05) is 39.8 Å². The maximum absolute atomic E-state index is 12.9. The van der Waals surface area contributed by atoms with E-state index in [1.54, 1.807) is 36.4 Å². The molecule has 2 aliphatic rings. The minimum atomic E-state index is -0.475. The summed E-state index contributed by atoms with van der Waals surface area (Å²) in [4.78, 5) is 39.5. The summed E-state index contributed by atoms with van der Waals surface area (Å²) in [5.74, 6) is -0.178. The van der Waals surface area contributed by atoms with Gasteiger partial charge >= 0.3 is 5.97 Å². The largest absolute Gasteiger partial charge is 0.423 e. The van der Waals surface area contributed by atoms with Crippen LogP contribution in [0.4, 0.5) is 5.69 Å². The number of imide groups is 1. The Balaban J connectivity index is 1.46. The summed E-state index contributed by atoms with van der Waals surface area (Å²) in [7, 11) is 0. The number of nitrogens with zero attached hydrogens (tertiary/aromatic N) is 1. The quantitative estimate of drug-likeness (QED) is 0.393. The predicted octanol–water partition coefficient (Wildman–Crippen LogP) is 5.13. The molecule has 5 nitrogen and oxygen atoms in total. The zero-order valence-corrected chi connectivity index (χ0v) is 18.6. The summed E-state index contributed by atoms with van der Waals surface area (Å²) < 4.78 is 5.48. The van der Waals surface area contributed by atoms with Gasteiger partial charge < -0.3 is 4.74 Å². The molecule has 1 heterocycles. The van der Waals surface area contributed by atoms with Gasteiger partial charge in [-0.15, -0.1) is 0 Å². The van der Waals surface area contributed by atoms with E-state index in [4.69, 9.17) is 4.74 Å². The minimum Gasteiger partial charge on any atom is -0.423 e. The van der Waals surface area contributed by atoms with E-state index in [1.807, 2.05) is 12.1 Å². The third-order valence-electron chi connectivity index (χ3n) is 6.48. The lowest BCUT2D eigenvalue weighted by molar-refractivity contribution is -0.122. The Labute approximate surface area is 183 Å². The third kappa shape index (κ3) is 4.14. The molecule has 1 aliphatic carbocycles. The Kier molecular flexibility index (Phi) is 5.46. The first kappa shape index (κ1) is 21.3. The molecular weight excluding hydrogens is 390 g/mol. The molecule has 2 fully saturated rings. The monoisotopic (exact) mass is 419 g/mol. The highest BCUT2D eigenvalue weighted by Crippen LogP contribution is 2.42. The second-order valence-electron chi connectivity index (χ2n) is 9.85. The number of rotatable bonds is 3. The molecule has 2 aromatic rings. The number of amides is 2. The predicted molar refractivity (Wildman–Crippen MR) is 119 cm³/mol. The van der Waals surface area contributed by atoms with Crippen molar-refractivity contribution in [3.05, 3.63) is 59.7 Å². The second kappa shape index (κ2) is 7.95. The van der Waals surface area contributed by atoms with E-state index in [1.165, 1.54) is 4.90 Å². The van der Waals surface area contributed by atoms with Gasteiger partial charge in [-0.05, 0) is 72.6 Å². The fourth-order valence-corrected chi connectivity index (χ4v) is 4.58. The van der Waals surface area contributed by atoms with E-state index in [9.17, 15) is 14.4 Å². The van der Waals surface area contributed by atoms with Gasteiger partial charge in [-0.3, -0.25) is 14.5 Å². The van der Waals surface area contributed by atoms with Crippen molar-refractivity contribution < 1.29 is 19.1 Å². The van der Waals surface area contributed by atoms with Crippen molar-refractivity contribution in [2.24, 2.45) is 17.8 Å². The smallest absolute Gasteiger partial charge is 0.343 e. The number of ether oxygens (including phenoxy) is 1. The van der Waals surface area contributed by atoms with E-state index in [-0.39, 0.29) is 29.1 Å². The van der Waals surface area contributed by atoms with Crippen LogP contribution in [0.2, 0.25) is 0 Å². The van der Waals surface area contributed by atoms with E-state index < -0.39 is 5.97 Å². The molecule has 1 aliphatic heterocycles. The third-order valence-corrected chi connectivity index (χ3v) is 6.48. The van der Waals surface area contributed by atoms with Crippen LogP contribution in [0.25, 0.3) is 0 Å². The molecule has 2 amide bonds. The Morgan fingerprint density at radius 1 is 0.903 bits per heavy atom. The van der Waals surface area contributed by atoms with Gasteiger partial charge in [0.15, 0.2) is 0 Å². The van der Waals surface area contributed by atoms with E-state index in [2.05, 4.69) is 27.7 Å². The molecule has 1 saturated heterocycles. The average molecular weight is 420 g/mol. The number of anilines is 1. The summed E-state index contributed by atoms with van der Waals surface area (Å²) in [5, 5.41) is 0. The summed E-state index contributed by atoms with van der Waals surface area (Å²) in [6, 6.07) is 14.0. The van der Waals surface area contributed by atoms with Gasteiger partial charge in [0.05, 0.1) is 23.1 Å². The van der Waals surface area contributed by atoms with E-state index in [0.717, 1.165) is 24.8 Å². The van der Waals surface area contributed by atoms with Crippen LogP contribution in [0, 0.1) is 17.8 Å². The highest BCUT2D eigenvalue weighted by molar-refractivity contribution is 6.22. The maximum Gasteiger partial charge on any atom is 0.343 e. The standard InChI is InChI=1S/C26H29NO4/c1-16-5-14-21-22(15-16)24(29)27(23(21)28)19-10-6-17(7-11-19)25(30)31-20-12-8-18(9-13-20)26(2,3)4/h6-13,16,21-22H,5,14-15H2,1-4H3. The summed E-state index contributed by atoms with van der Waals surface area (Å²) in [6.07, 6.45) is 2.52. The number of hydrogen-bond donors (Lipinski definition) is 0. The van der Waals surface area contributed by atoms with Gasteiger partial charge in [0.25, 0.3) is 0 Å². The van der Waals surface area contributed by atoms with Crippen molar-refractivity contribution in [1.82, 2.24) is 0 Å². The van der Waals surface area contributed by atoms with Crippen LogP contribution in [0.1, 0.15) is 62.9 Å². The molecule has 4 rings (SSSR count). The van der Waals surface area contributed by atoms with Crippen molar-refractivity contribution in [1.29, 1.82) is 0 Å².